The van der Waals surface area contributed by atoms with Crippen molar-refractivity contribution in [1.82, 2.24) is 4.90 Å². The van der Waals surface area contributed by atoms with Gasteiger partial charge in [0.1, 0.15) is 11.9 Å². The van der Waals surface area contributed by atoms with Gasteiger partial charge in [-0.1, -0.05) is 54.1 Å². The average molecular weight is 426 g/mol. The van der Waals surface area contributed by atoms with Crippen LogP contribution in [0.4, 0.5) is 15.8 Å². The highest BCUT2D eigenvalue weighted by molar-refractivity contribution is 6.33. The molecule has 0 saturated carbocycles. The molecule has 5 nitrogen and oxygen atoms in total. The van der Waals surface area contributed by atoms with Crippen LogP contribution in [0.2, 0.25) is 5.02 Å². The number of hydrogen-bond donors (Lipinski definition) is 2. The van der Waals surface area contributed by atoms with E-state index in [1.807, 2.05) is 30.3 Å². The lowest BCUT2D eigenvalue weighted by Crippen LogP contribution is -2.39. The van der Waals surface area contributed by atoms with Crippen molar-refractivity contribution >= 4 is 34.8 Å². The molecule has 2 amide bonds. The number of likely N-dealkylation sites (N-methyl/N-ethyl adjacent to an activating group) is 1. The van der Waals surface area contributed by atoms with Crippen molar-refractivity contribution in [3.8, 4) is 0 Å². The molecule has 1 unspecified atom stereocenters. The van der Waals surface area contributed by atoms with Gasteiger partial charge in [-0.05, 0) is 49.0 Å². The summed E-state index contributed by atoms with van der Waals surface area (Å²) in [7, 11) is 1.69. The van der Waals surface area contributed by atoms with Gasteiger partial charge in [0.25, 0.3) is 0 Å². The second kappa shape index (κ2) is 10.0. The molecule has 0 aliphatic heterocycles. The largest absolute Gasteiger partial charge is 0.324 e. The zero-order valence-electron chi connectivity index (χ0n) is 16.3. The molecule has 3 rings (SSSR count). The third-order valence-electron chi connectivity index (χ3n) is 4.46. The molecule has 0 fully saturated rings. The molecule has 0 spiro atoms. The van der Waals surface area contributed by atoms with Gasteiger partial charge in [0.05, 0.1) is 17.3 Å². The first-order valence-corrected chi connectivity index (χ1v) is 9.68. The van der Waals surface area contributed by atoms with Crippen LogP contribution in [0.1, 0.15) is 11.6 Å². The summed E-state index contributed by atoms with van der Waals surface area (Å²) < 4.78 is 13.2. The standard InChI is InChI=1S/C23H21ClFN3O2/c1-28(15-21(29)27-20-10-6-5-9-19(20)24)22(16-7-3-2-4-8-16)23(30)26-18-13-11-17(25)12-14-18/h2-14,22H,15H2,1H3,(H,26,30)(H,27,29). The number of amides is 2. The van der Waals surface area contributed by atoms with Gasteiger partial charge in [-0.25, -0.2) is 4.39 Å². The Kier molecular flexibility index (Phi) is 7.17. The monoisotopic (exact) mass is 425 g/mol. The number of anilines is 2. The highest BCUT2D eigenvalue weighted by Gasteiger charge is 2.27. The molecule has 1 atom stereocenters. The molecule has 0 saturated heterocycles. The van der Waals surface area contributed by atoms with E-state index in [0.717, 1.165) is 5.56 Å². The Hall–Kier alpha value is -3.22. The van der Waals surface area contributed by atoms with Crippen molar-refractivity contribution in [1.29, 1.82) is 0 Å². The minimum absolute atomic E-state index is 0.0401. The summed E-state index contributed by atoms with van der Waals surface area (Å²) in [5.41, 5.74) is 1.70. The van der Waals surface area contributed by atoms with Crippen molar-refractivity contribution in [3.63, 3.8) is 0 Å². The van der Waals surface area contributed by atoms with Crippen LogP contribution < -0.4 is 10.6 Å². The Morgan fingerprint density at radius 2 is 1.57 bits per heavy atom. The van der Waals surface area contributed by atoms with Gasteiger partial charge in [-0.3, -0.25) is 14.5 Å². The summed E-state index contributed by atoms with van der Waals surface area (Å²) >= 11 is 6.10. The van der Waals surface area contributed by atoms with Crippen molar-refractivity contribution < 1.29 is 14.0 Å². The molecule has 7 heteroatoms. The molecule has 30 heavy (non-hydrogen) atoms. The molecule has 0 radical (unpaired) electrons. The fourth-order valence-electron chi connectivity index (χ4n) is 3.06. The van der Waals surface area contributed by atoms with Crippen LogP contribution in [0.15, 0.2) is 78.9 Å². The van der Waals surface area contributed by atoms with Gasteiger partial charge in [0.15, 0.2) is 0 Å². The minimum atomic E-state index is -0.728. The van der Waals surface area contributed by atoms with Gasteiger partial charge < -0.3 is 10.6 Å². The first-order valence-electron chi connectivity index (χ1n) is 9.30. The molecular formula is C23H21ClFN3O2. The second-order valence-corrected chi connectivity index (χ2v) is 7.16. The molecule has 0 aliphatic rings. The quantitative estimate of drug-likeness (QED) is 0.575. The third-order valence-corrected chi connectivity index (χ3v) is 4.79. The number of halogens is 2. The van der Waals surface area contributed by atoms with Crippen LogP contribution in [-0.2, 0) is 9.59 Å². The number of hydrogen-bond acceptors (Lipinski definition) is 3. The number of benzene rings is 3. The Balaban J connectivity index is 1.76. The molecule has 2 N–H and O–H groups in total. The van der Waals surface area contributed by atoms with Crippen molar-refractivity contribution in [3.05, 3.63) is 95.3 Å². The summed E-state index contributed by atoms with van der Waals surface area (Å²) in [6.45, 7) is -0.0401. The van der Waals surface area contributed by atoms with Crippen molar-refractivity contribution in [2.24, 2.45) is 0 Å². The van der Waals surface area contributed by atoms with E-state index in [1.165, 1.54) is 24.3 Å². The van der Waals surface area contributed by atoms with Crippen LogP contribution in [0.5, 0.6) is 0 Å². The first kappa shape index (κ1) is 21.5. The van der Waals surface area contributed by atoms with Crippen molar-refractivity contribution in [2.45, 2.75) is 6.04 Å². The SMILES string of the molecule is CN(CC(=O)Nc1ccccc1Cl)C(C(=O)Nc1ccc(F)cc1)c1ccccc1. The molecule has 3 aromatic carbocycles. The van der Waals surface area contributed by atoms with Gasteiger partial charge in [0, 0.05) is 5.69 Å². The van der Waals surface area contributed by atoms with Gasteiger partial charge >= 0.3 is 0 Å². The molecule has 0 aliphatic carbocycles. The summed E-state index contributed by atoms with van der Waals surface area (Å²) in [4.78, 5) is 27.2. The van der Waals surface area contributed by atoms with Gasteiger partial charge in [-0.2, -0.15) is 0 Å². The van der Waals surface area contributed by atoms with E-state index in [-0.39, 0.29) is 24.2 Å². The maximum Gasteiger partial charge on any atom is 0.246 e. The number of nitrogens with one attached hydrogen (secondary N) is 2. The average Bonchev–Trinajstić information content (AvgIpc) is 2.72. The van der Waals surface area contributed by atoms with Crippen molar-refractivity contribution in [2.75, 3.05) is 24.2 Å². The Bertz CT molecular complexity index is 1010. The summed E-state index contributed by atoms with van der Waals surface area (Å²) in [6, 6.07) is 20.9. The van der Waals surface area contributed by atoms with Crippen LogP contribution >= 0.6 is 11.6 Å². The molecule has 154 valence electrons. The maximum atomic E-state index is 13.2. The Morgan fingerprint density at radius 3 is 2.23 bits per heavy atom. The minimum Gasteiger partial charge on any atom is -0.324 e. The molecular weight excluding hydrogens is 405 g/mol. The highest BCUT2D eigenvalue weighted by Crippen LogP contribution is 2.23. The van der Waals surface area contributed by atoms with E-state index in [2.05, 4.69) is 10.6 Å². The normalized spacial score (nSPS) is 11.7. The van der Waals surface area contributed by atoms with Crippen LogP contribution in [0.3, 0.4) is 0 Å². The Labute approximate surface area is 179 Å². The molecule has 0 aromatic heterocycles. The van der Waals surface area contributed by atoms with Crippen LogP contribution in [0.25, 0.3) is 0 Å². The lowest BCUT2D eigenvalue weighted by atomic mass is 10.0. The highest BCUT2D eigenvalue weighted by atomic mass is 35.5. The topological polar surface area (TPSA) is 61.4 Å². The van der Waals surface area contributed by atoms with Gasteiger partial charge in [0.2, 0.25) is 11.8 Å². The number of carbonyl (C=O) groups is 2. The molecule has 0 bridgehead atoms. The van der Waals surface area contributed by atoms with E-state index in [4.69, 9.17) is 11.6 Å². The van der Waals surface area contributed by atoms with Crippen LogP contribution in [0, 0.1) is 5.82 Å². The second-order valence-electron chi connectivity index (χ2n) is 6.75. The Morgan fingerprint density at radius 1 is 0.933 bits per heavy atom. The maximum absolute atomic E-state index is 13.2. The third kappa shape index (κ3) is 5.65. The number of rotatable bonds is 7. The molecule has 3 aromatic rings. The van der Waals surface area contributed by atoms with E-state index in [9.17, 15) is 14.0 Å². The van der Waals surface area contributed by atoms with E-state index in [0.29, 0.717) is 16.4 Å². The fraction of sp³-hybridized carbons (Fsp3) is 0.130. The number of para-hydroxylation sites is 1. The number of carbonyl (C=O) groups excluding carboxylic acids is 2. The number of nitrogens with zero attached hydrogens (tertiary/aromatic N) is 1. The van der Waals surface area contributed by atoms with E-state index in [1.54, 1.807) is 36.2 Å². The van der Waals surface area contributed by atoms with E-state index >= 15 is 0 Å². The first-order chi connectivity index (χ1) is 14.4. The van der Waals surface area contributed by atoms with E-state index < -0.39 is 6.04 Å². The summed E-state index contributed by atoms with van der Waals surface area (Å²) in [5.74, 6) is -1.03. The zero-order valence-corrected chi connectivity index (χ0v) is 17.1. The predicted molar refractivity (Wildman–Crippen MR) is 117 cm³/mol. The predicted octanol–water partition coefficient (Wildman–Crippen LogP) is 4.73. The summed E-state index contributed by atoms with van der Waals surface area (Å²) in [5, 5.41) is 5.97. The zero-order chi connectivity index (χ0) is 21.5. The summed E-state index contributed by atoms with van der Waals surface area (Å²) in [6.07, 6.45) is 0. The van der Waals surface area contributed by atoms with Gasteiger partial charge in [-0.15, -0.1) is 0 Å². The smallest absolute Gasteiger partial charge is 0.246 e. The fourth-order valence-corrected chi connectivity index (χ4v) is 3.24. The van der Waals surface area contributed by atoms with Crippen LogP contribution in [-0.4, -0.2) is 30.3 Å². The molecule has 0 heterocycles. The lowest BCUT2D eigenvalue weighted by molar-refractivity contribution is -0.123. The lowest BCUT2D eigenvalue weighted by Gasteiger charge is -2.27.